The minimum Gasteiger partial charge on any atom is -0.459 e. The van der Waals surface area contributed by atoms with Gasteiger partial charge in [-0.1, -0.05) is 6.92 Å². The van der Waals surface area contributed by atoms with Gasteiger partial charge in [0.15, 0.2) is 13.2 Å². The highest BCUT2D eigenvalue weighted by Gasteiger charge is 2.76. The molecule has 0 rings (SSSR count). The van der Waals surface area contributed by atoms with Gasteiger partial charge in [-0.2, -0.15) is 52.7 Å². The van der Waals surface area contributed by atoms with Crippen molar-refractivity contribution in [1.82, 2.24) is 0 Å². The molecule has 4 nitrogen and oxygen atoms in total. The average molecular weight is 560 g/mol. The van der Waals surface area contributed by atoms with E-state index in [1.165, 1.54) is 0 Å². The van der Waals surface area contributed by atoms with Crippen molar-refractivity contribution in [3.8, 4) is 0 Å². The summed E-state index contributed by atoms with van der Waals surface area (Å²) in [6, 6.07) is 0. The van der Waals surface area contributed by atoms with Crippen molar-refractivity contribution >= 4 is 11.9 Å². The number of carbonyl (C=O) groups excluding carboxylic acids is 2. The van der Waals surface area contributed by atoms with E-state index in [9.17, 15) is 79.8 Å². The van der Waals surface area contributed by atoms with Gasteiger partial charge in [0.05, 0.1) is 12.3 Å². The van der Waals surface area contributed by atoms with Crippen LogP contribution in [0.5, 0.6) is 0 Å². The summed E-state index contributed by atoms with van der Waals surface area (Å²) in [7, 11) is 0. The lowest BCUT2D eigenvalue weighted by Gasteiger charge is -2.32. The van der Waals surface area contributed by atoms with Crippen LogP contribution in [0.25, 0.3) is 0 Å². The van der Waals surface area contributed by atoms with E-state index in [-0.39, 0.29) is 0 Å². The van der Waals surface area contributed by atoms with Gasteiger partial charge in [0.2, 0.25) is 0 Å². The largest absolute Gasteiger partial charge is 0.459 e. The summed E-state index contributed by atoms with van der Waals surface area (Å²) in [5, 5.41) is 0. The first kappa shape index (κ1) is 32.8. The Morgan fingerprint density at radius 2 is 0.943 bits per heavy atom. The van der Waals surface area contributed by atoms with Crippen molar-refractivity contribution in [2.24, 2.45) is 5.92 Å². The first-order valence-electron chi connectivity index (χ1n) is 8.45. The number of halogens is 16. The lowest BCUT2D eigenvalue weighted by atomic mass is 10.1. The van der Waals surface area contributed by atoms with Crippen molar-refractivity contribution in [3.05, 3.63) is 0 Å². The molecule has 0 aromatic carbocycles. The maximum Gasteiger partial charge on any atom is 0.381 e. The van der Waals surface area contributed by atoms with Crippen LogP contribution in [0.4, 0.5) is 70.2 Å². The standard InChI is InChI=1S/C15H12F16O4/c1-5(7(33)35-4-11(22,23)15(30,31)13(26,27)9(18)19)2-6(32)34-3-10(20,21)14(28,29)12(24,25)8(16)17/h5,8-9H,2-4H2,1H3. The van der Waals surface area contributed by atoms with E-state index >= 15 is 0 Å². The Kier molecular flexibility index (Phi) is 9.78. The molecule has 0 aliphatic heterocycles. The van der Waals surface area contributed by atoms with Gasteiger partial charge in [-0.15, -0.1) is 0 Å². The Labute approximate surface area is 183 Å². The smallest absolute Gasteiger partial charge is 0.381 e. The number of rotatable bonds is 13. The Morgan fingerprint density at radius 3 is 1.26 bits per heavy atom. The zero-order chi connectivity index (χ0) is 28.4. The van der Waals surface area contributed by atoms with E-state index in [4.69, 9.17) is 0 Å². The van der Waals surface area contributed by atoms with Crippen molar-refractivity contribution in [3.63, 3.8) is 0 Å². The summed E-state index contributed by atoms with van der Waals surface area (Å²) in [5.41, 5.74) is 0. The lowest BCUT2D eigenvalue weighted by molar-refractivity contribution is -0.344. The van der Waals surface area contributed by atoms with Crippen LogP contribution in [0, 0.1) is 5.92 Å². The van der Waals surface area contributed by atoms with Crippen LogP contribution < -0.4 is 0 Å². The molecule has 0 aromatic rings. The van der Waals surface area contributed by atoms with Gasteiger partial charge in [-0.3, -0.25) is 9.59 Å². The fourth-order valence-corrected chi connectivity index (χ4v) is 1.81. The fraction of sp³-hybridized carbons (Fsp3) is 0.867. The summed E-state index contributed by atoms with van der Waals surface area (Å²) < 4.78 is 211. The van der Waals surface area contributed by atoms with Crippen LogP contribution in [0.15, 0.2) is 0 Å². The molecule has 0 amide bonds. The van der Waals surface area contributed by atoms with E-state index in [1.54, 1.807) is 0 Å². The third-order valence-electron chi connectivity index (χ3n) is 3.99. The first-order valence-corrected chi connectivity index (χ1v) is 8.45. The summed E-state index contributed by atoms with van der Waals surface area (Å²) >= 11 is 0. The molecule has 0 aliphatic rings. The second kappa shape index (κ2) is 10.4. The minimum atomic E-state index is -6.76. The quantitative estimate of drug-likeness (QED) is 0.223. The molecule has 0 spiro atoms. The van der Waals surface area contributed by atoms with Crippen molar-refractivity contribution in [2.75, 3.05) is 13.2 Å². The second-order valence-electron chi connectivity index (χ2n) is 6.78. The van der Waals surface area contributed by atoms with Gasteiger partial charge in [-0.05, 0) is 0 Å². The van der Waals surface area contributed by atoms with Gasteiger partial charge >= 0.3 is 60.3 Å². The highest BCUT2D eigenvalue weighted by atomic mass is 19.4. The SMILES string of the molecule is CC(CC(=O)OCC(F)(F)C(F)(F)C(F)(F)C(F)F)C(=O)OCC(F)(F)C(F)(F)C(F)(F)C(F)F. The predicted octanol–water partition coefficient (Wildman–Crippen LogP) is 5.44. The monoisotopic (exact) mass is 560 g/mol. The zero-order valence-corrected chi connectivity index (χ0v) is 16.5. The summed E-state index contributed by atoms with van der Waals surface area (Å²) in [4.78, 5) is 22.7. The molecule has 0 aromatic heterocycles. The van der Waals surface area contributed by atoms with Gasteiger partial charge < -0.3 is 9.47 Å². The van der Waals surface area contributed by atoms with Gasteiger partial charge in [0, 0.05) is 0 Å². The molecular weight excluding hydrogens is 548 g/mol. The first-order chi connectivity index (χ1) is 15.3. The highest BCUT2D eigenvalue weighted by molar-refractivity contribution is 5.79. The topological polar surface area (TPSA) is 52.6 Å². The highest BCUT2D eigenvalue weighted by Crippen LogP contribution is 2.49. The summed E-state index contributed by atoms with van der Waals surface area (Å²) in [5.74, 6) is -45.3. The molecule has 0 bridgehead atoms. The number of ether oxygens (including phenoxy) is 2. The van der Waals surface area contributed by atoms with Crippen LogP contribution in [0.1, 0.15) is 13.3 Å². The molecule has 0 fully saturated rings. The lowest BCUT2D eigenvalue weighted by Crippen LogP contribution is -2.59. The van der Waals surface area contributed by atoms with Crippen LogP contribution in [-0.4, -0.2) is 73.5 Å². The van der Waals surface area contributed by atoms with E-state index in [0.29, 0.717) is 6.92 Å². The Hall–Kier alpha value is -2.18. The minimum absolute atomic E-state index is 0.491. The molecule has 0 saturated heterocycles. The second-order valence-corrected chi connectivity index (χ2v) is 6.78. The van der Waals surface area contributed by atoms with Crippen LogP contribution in [0.2, 0.25) is 0 Å². The maximum atomic E-state index is 13.3. The molecule has 0 aliphatic carbocycles. The molecule has 1 atom stereocenters. The van der Waals surface area contributed by atoms with Crippen LogP contribution in [-0.2, 0) is 19.1 Å². The van der Waals surface area contributed by atoms with E-state index in [0.717, 1.165) is 0 Å². The Bertz CT molecular complexity index is 751. The van der Waals surface area contributed by atoms with E-state index in [2.05, 4.69) is 9.47 Å². The molecule has 20 heteroatoms. The third-order valence-corrected chi connectivity index (χ3v) is 3.99. The molecule has 35 heavy (non-hydrogen) atoms. The van der Waals surface area contributed by atoms with Crippen LogP contribution >= 0.6 is 0 Å². The average Bonchev–Trinajstić information content (AvgIpc) is 2.69. The predicted molar refractivity (Wildman–Crippen MR) is 77.4 cm³/mol. The Morgan fingerprint density at radius 1 is 0.629 bits per heavy atom. The summed E-state index contributed by atoms with van der Waals surface area (Å²) in [6.07, 6.45) is -12.1. The van der Waals surface area contributed by atoms with Gasteiger partial charge in [-0.25, -0.2) is 17.6 Å². The number of hydrogen-bond donors (Lipinski definition) is 0. The molecule has 208 valence electrons. The van der Waals surface area contributed by atoms with Crippen molar-refractivity contribution in [1.29, 1.82) is 0 Å². The Balaban J connectivity index is 5.09. The molecule has 0 heterocycles. The number of carbonyl (C=O) groups is 2. The van der Waals surface area contributed by atoms with Crippen molar-refractivity contribution in [2.45, 2.75) is 61.7 Å². The van der Waals surface area contributed by atoms with E-state index in [1.807, 2.05) is 0 Å². The number of esters is 2. The molecule has 0 N–H and O–H groups in total. The normalized spacial score (nSPS) is 15.4. The maximum absolute atomic E-state index is 13.3. The van der Waals surface area contributed by atoms with Crippen LogP contribution in [0.3, 0.4) is 0 Å². The van der Waals surface area contributed by atoms with Crippen molar-refractivity contribution < 1.29 is 89.3 Å². The molecular formula is C15H12F16O4. The third kappa shape index (κ3) is 6.53. The molecule has 0 saturated carbocycles. The number of alkyl halides is 16. The molecule has 1 unspecified atom stereocenters. The molecule has 0 radical (unpaired) electrons. The zero-order valence-electron chi connectivity index (χ0n) is 16.5. The summed E-state index contributed by atoms with van der Waals surface area (Å²) in [6.45, 7) is -5.41. The number of hydrogen-bond acceptors (Lipinski definition) is 4. The fourth-order valence-electron chi connectivity index (χ4n) is 1.81. The van der Waals surface area contributed by atoms with E-state index < -0.39 is 85.9 Å². The van der Waals surface area contributed by atoms with Gasteiger partial charge in [0.1, 0.15) is 0 Å². The van der Waals surface area contributed by atoms with Gasteiger partial charge in [0.25, 0.3) is 0 Å².